The number of nitrogens with zero attached hydrogens (tertiary/aromatic N) is 1. The lowest BCUT2D eigenvalue weighted by atomic mass is 9.88. The Labute approximate surface area is 213 Å². The highest BCUT2D eigenvalue weighted by Crippen LogP contribution is 2.40. The van der Waals surface area contributed by atoms with Crippen LogP contribution in [0.1, 0.15) is 53.4 Å². The SMILES string of the molecule is CC(C)(C)O.Cc1ccc(-c2c(CC(=O)O)c(C)cc3c2CCN3C)cc1.O=Cc1cccc(F)c1. The number of aliphatic hydroxyl groups is 1. The quantitative estimate of drug-likeness (QED) is 0.436. The minimum Gasteiger partial charge on any atom is -0.481 e. The Bertz CT molecular complexity index is 1190. The largest absolute Gasteiger partial charge is 0.481 e. The summed E-state index contributed by atoms with van der Waals surface area (Å²) in [6.07, 6.45) is 1.66. The maximum Gasteiger partial charge on any atom is 0.307 e. The van der Waals surface area contributed by atoms with Crippen molar-refractivity contribution in [1.29, 1.82) is 0 Å². The average molecular weight is 494 g/mol. The third kappa shape index (κ3) is 8.61. The molecule has 0 saturated heterocycles. The van der Waals surface area contributed by atoms with E-state index >= 15 is 0 Å². The second-order valence-corrected chi connectivity index (χ2v) is 10.00. The molecule has 3 aromatic carbocycles. The molecule has 5 nitrogen and oxygen atoms in total. The first kappa shape index (κ1) is 28.7. The van der Waals surface area contributed by atoms with Gasteiger partial charge in [0, 0.05) is 24.8 Å². The van der Waals surface area contributed by atoms with Gasteiger partial charge >= 0.3 is 5.97 Å². The fourth-order valence-corrected chi connectivity index (χ4v) is 3.91. The van der Waals surface area contributed by atoms with Crippen LogP contribution in [0, 0.1) is 19.7 Å². The number of hydrogen-bond acceptors (Lipinski definition) is 4. The first-order valence-electron chi connectivity index (χ1n) is 11.9. The zero-order valence-corrected chi connectivity index (χ0v) is 21.9. The van der Waals surface area contributed by atoms with Crippen LogP contribution in [-0.2, 0) is 17.6 Å². The number of anilines is 1. The van der Waals surface area contributed by atoms with Crippen LogP contribution in [0.2, 0.25) is 0 Å². The van der Waals surface area contributed by atoms with E-state index < -0.39 is 11.6 Å². The molecular formula is C30H36FNO4. The average Bonchev–Trinajstić information content (AvgIpc) is 3.14. The number of carboxylic acid groups (broad SMARTS) is 1. The number of carbonyl (C=O) groups is 2. The van der Waals surface area contributed by atoms with Crippen LogP contribution in [0.4, 0.5) is 10.1 Å². The Morgan fingerprint density at radius 3 is 2.19 bits per heavy atom. The highest BCUT2D eigenvalue weighted by molar-refractivity contribution is 5.84. The van der Waals surface area contributed by atoms with Crippen molar-refractivity contribution in [3.63, 3.8) is 0 Å². The highest BCUT2D eigenvalue weighted by atomic mass is 19.1. The van der Waals surface area contributed by atoms with E-state index in [1.54, 1.807) is 26.8 Å². The molecule has 0 aliphatic carbocycles. The number of halogens is 1. The molecule has 0 radical (unpaired) electrons. The van der Waals surface area contributed by atoms with E-state index in [2.05, 4.69) is 49.2 Å². The van der Waals surface area contributed by atoms with E-state index in [1.165, 1.54) is 35.0 Å². The van der Waals surface area contributed by atoms with Crippen molar-refractivity contribution in [3.05, 3.63) is 88.2 Å². The summed E-state index contributed by atoms with van der Waals surface area (Å²) in [5, 5.41) is 17.8. The van der Waals surface area contributed by atoms with E-state index in [0.29, 0.717) is 11.8 Å². The number of likely N-dealkylation sites (N-methyl/N-ethyl adjacent to an activating group) is 1. The van der Waals surface area contributed by atoms with Gasteiger partial charge < -0.3 is 15.1 Å². The van der Waals surface area contributed by atoms with Gasteiger partial charge in [0.25, 0.3) is 0 Å². The summed E-state index contributed by atoms with van der Waals surface area (Å²) in [5.41, 5.74) is 7.87. The van der Waals surface area contributed by atoms with Crippen LogP contribution in [-0.4, -0.2) is 41.7 Å². The summed E-state index contributed by atoms with van der Waals surface area (Å²) in [6.45, 7) is 10.3. The molecule has 0 aromatic heterocycles. The van der Waals surface area contributed by atoms with Crippen LogP contribution in [0.25, 0.3) is 11.1 Å². The lowest BCUT2D eigenvalue weighted by Crippen LogP contribution is -2.13. The van der Waals surface area contributed by atoms with Crippen LogP contribution >= 0.6 is 0 Å². The predicted octanol–water partition coefficient (Wildman–Crippen LogP) is 6.01. The Morgan fingerprint density at radius 1 is 1.08 bits per heavy atom. The summed E-state index contributed by atoms with van der Waals surface area (Å²) >= 11 is 0. The third-order valence-electron chi connectivity index (χ3n) is 5.50. The van der Waals surface area contributed by atoms with Crippen LogP contribution < -0.4 is 4.90 Å². The lowest BCUT2D eigenvalue weighted by molar-refractivity contribution is -0.136. The lowest BCUT2D eigenvalue weighted by Gasteiger charge is -2.19. The molecule has 0 unspecified atom stereocenters. The summed E-state index contributed by atoms with van der Waals surface area (Å²) in [7, 11) is 2.10. The number of hydrogen-bond donors (Lipinski definition) is 2. The molecule has 1 aliphatic rings. The van der Waals surface area contributed by atoms with Crippen LogP contribution in [0.5, 0.6) is 0 Å². The zero-order valence-electron chi connectivity index (χ0n) is 21.9. The predicted molar refractivity (Wildman–Crippen MR) is 143 cm³/mol. The summed E-state index contributed by atoms with van der Waals surface area (Å²) in [5.74, 6) is -1.15. The maximum absolute atomic E-state index is 12.2. The van der Waals surface area contributed by atoms with Gasteiger partial charge in [0.2, 0.25) is 0 Å². The molecule has 0 saturated carbocycles. The van der Waals surface area contributed by atoms with Crippen LogP contribution in [0.3, 0.4) is 0 Å². The molecule has 6 heteroatoms. The Kier molecular flexibility index (Phi) is 9.93. The van der Waals surface area contributed by atoms with Crippen molar-refractivity contribution in [3.8, 4) is 11.1 Å². The van der Waals surface area contributed by atoms with Crippen molar-refractivity contribution < 1.29 is 24.2 Å². The smallest absolute Gasteiger partial charge is 0.307 e. The molecule has 192 valence electrons. The molecule has 0 bridgehead atoms. The Hall–Kier alpha value is -3.51. The van der Waals surface area contributed by atoms with E-state index in [9.17, 15) is 19.1 Å². The second-order valence-electron chi connectivity index (χ2n) is 10.00. The third-order valence-corrected chi connectivity index (χ3v) is 5.50. The topological polar surface area (TPSA) is 77.8 Å². The Morgan fingerprint density at radius 2 is 1.69 bits per heavy atom. The number of carboxylic acids is 1. The normalized spacial score (nSPS) is 12.1. The first-order chi connectivity index (χ1) is 16.8. The number of aryl methyl sites for hydroxylation is 2. The number of fused-ring (bicyclic) bond motifs is 1. The van der Waals surface area contributed by atoms with Crippen molar-refractivity contribution in [2.24, 2.45) is 0 Å². The molecule has 0 spiro atoms. The fourth-order valence-electron chi connectivity index (χ4n) is 3.91. The van der Waals surface area contributed by atoms with Gasteiger partial charge in [-0.05, 0) is 87.1 Å². The monoisotopic (exact) mass is 493 g/mol. The van der Waals surface area contributed by atoms with E-state index in [4.69, 9.17) is 5.11 Å². The number of benzene rings is 3. The molecule has 0 atom stereocenters. The number of carbonyl (C=O) groups excluding carboxylic acids is 1. The van der Waals surface area contributed by atoms with Crippen LogP contribution in [0.15, 0.2) is 54.6 Å². The van der Waals surface area contributed by atoms with Gasteiger partial charge in [0.1, 0.15) is 12.1 Å². The number of aliphatic carboxylic acids is 1. The van der Waals surface area contributed by atoms with Gasteiger partial charge in [0.05, 0.1) is 12.0 Å². The molecule has 4 rings (SSSR count). The molecule has 2 N–H and O–H groups in total. The molecule has 0 fully saturated rings. The van der Waals surface area contributed by atoms with Crippen molar-refractivity contribution >= 4 is 17.9 Å². The van der Waals surface area contributed by atoms with Gasteiger partial charge in [0.15, 0.2) is 0 Å². The highest BCUT2D eigenvalue weighted by Gasteiger charge is 2.24. The number of aldehydes is 1. The van der Waals surface area contributed by atoms with Gasteiger partial charge in [-0.15, -0.1) is 0 Å². The molecule has 1 heterocycles. The minimum absolute atomic E-state index is 0.0754. The molecule has 0 amide bonds. The maximum atomic E-state index is 12.2. The van der Waals surface area contributed by atoms with Crippen molar-refractivity contribution in [1.82, 2.24) is 0 Å². The van der Waals surface area contributed by atoms with Gasteiger partial charge in [-0.25, -0.2) is 4.39 Å². The molecule has 3 aromatic rings. The van der Waals surface area contributed by atoms with E-state index in [1.807, 2.05) is 6.92 Å². The van der Waals surface area contributed by atoms with E-state index in [0.717, 1.165) is 35.2 Å². The summed E-state index contributed by atoms with van der Waals surface area (Å²) in [4.78, 5) is 23.6. The molecular weight excluding hydrogens is 457 g/mol. The summed E-state index contributed by atoms with van der Waals surface area (Å²) in [6, 6.07) is 16.1. The van der Waals surface area contributed by atoms with Crippen molar-refractivity contribution in [2.45, 2.75) is 53.1 Å². The number of rotatable bonds is 4. The van der Waals surface area contributed by atoms with Gasteiger partial charge in [-0.3, -0.25) is 9.59 Å². The van der Waals surface area contributed by atoms with Gasteiger partial charge in [-0.1, -0.05) is 42.0 Å². The van der Waals surface area contributed by atoms with E-state index in [-0.39, 0.29) is 12.2 Å². The van der Waals surface area contributed by atoms with Gasteiger partial charge in [-0.2, -0.15) is 0 Å². The Balaban J connectivity index is 0.000000268. The van der Waals surface area contributed by atoms with Crippen molar-refractivity contribution in [2.75, 3.05) is 18.5 Å². The first-order valence-corrected chi connectivity index (χ1v) is 11.9. The molecule has 36 heavy (non-hydrogen) atoms. The second kappa shape index (κ2) is 12.5. The standard InChI is InChI=1S/C19H21NO2.C7H5FO.C4H10O/c1-12-4-6-14(7-5-12)19-15-8-9-20(3)17(15)10-13(2)16(19)11-18(21)22;8-7-3-1-2-6(4-7)5-9;1-4(2,3)5/h4-7,10H,8-9,11H2,1-3H3,(H,21,22);1-5H;5H,1-3H3. The molecule has 1 aliphatic heterocycles. The minimum atomic E-state index is -0.775. The fraction of sp³-hybridized carbons (Fsp3) is 0.333. The zero-order chi connectivity index (χ0) is 27.0. The summed E-state index contributed by atoms with van der Waals surface area (Å²) < 4.78 is 12.2.